The molecular formula is C11H22N2O3. The fourth-order valence-corrected chi connectivity index (χ4v) is 1.81. The van der Waals surface area contributed by atoms with Crippen molar-refractivity contribution in [2.45, 2.75) is 31.7 Å². The second kappa shape index (κ2) is 6.83. The van der Waals surface area contributed by atoms with E-state index in [-0.39, 0.29) is 11.4 Å². The quantitative estimate of drug-likeness (QED) is 0.632. The molecule has 94 valence electrons. The Balaban J connectivity index is 2.33. The van der Waals surface area contributed by atoms with Gasteiger partial charge in [-0.2, -0.15) is 0 Å². The van der Waals surface area contributed by atoms with Crippen LogP contribution in [-0.2, 0) is 14.3 Å². The molecule has 0 unspecified atom stereocenters. The Hall–Kier alpha value is -0.650. The molecule has 0 saturated carbocycles. The number of amides is 1. The highest BCUT2D eigenvalue weighted by Gasteiger charge is 2.32. The van der Waals surface area contributed by atoms with Crippen molar-refractivity contribution in [1.29, 1.82) is 0 Å². The minimum atomic E-state index is -0.262. The molecule has 0 spiro atoms. The molecule has 0 aliphatic carbocycles. The zero-order valence-electron chi connectivity index (χ0n) is 9.96. The van der Waals surface area contributed by atoms with Crippen LogP contribution in [0.3, 0.4) is 0 Å². The number of carbonyl (C=O) groups excluding carboxylic acids is 1. The van der Waals surface area contributed by atoms with E-state index in [9.17, 15) is 4.79 Å². The molecule has 1 rings (SSSR count). The van der Waals surface area contributed by atoms with Gasteiger partial charge < -0.3 is 20.5 Å². The smallest absolute Gasteiger partial charge is 0.222 e. The molecule has 1 saturated heterocycles. The van der Waals surface area contributed by atoms with E-state index in [0.29, 0.717) is 39.4 Å². The van der Waals surface area contributed by atoms with E-state index in [1.165, 1.54) is 0 Å². The fraction of sp³-hybridized carbons (Fsp3) is 0.909. The Morgan fingerprint density at radius 1 is 1.50 bits per heavy atom. The summed E-state index contributed by atoms with van der Waals surface area (Å²) in [5, 5.41) is 3.02. The van der Waals surface area contributed by atoms with Crippen molar-refractivity contribution in [2.24, 2.45) is 5.73 Å². The summed E-state index contributed by atoms with van der Waals surface area (Å²) in [6, 6.07) is 0. The summed E-state index contributed by atoms with van der Waals surface area (Å²) in [6.45, 7) is 4.84. The third-order valence-electron chi connectivity index (χ3n) is 2.92. The average molecular weight is 230 g/mol. The minimum absolute atomic E-state index is 0.0146. The highest BCUT2D eigenvalue weighted by atomic mass is 16.5. The van der Waals surface area contributed by atoms with Gasteiger partial charge in [-0.1, -0.05) is 0 Å². The molecule has 1 heterocycles. The van der Waals surface area contributed by atoms with Crippen molar-refractivity contribution in [3.05, 3.63) is 0 Å². The van der Waals surface area contributed by atoms with E-state index in [4.69, 9.17) is 15.2 Å². The standard InChI is InChI=1S/C11H22N2O3/c1-2-15-6-3-10(14)13-11(9-12)4-7-16-8-5-11/h2-9,12H2,1H3,(H,13,14). The Labute approximate surface area is 96.7 Å². The molecule has 5 nitrogen and oxygen atoms in total. The second-order valence-corrected chi connectivity index (χ2v) is 4.09. The number of hydrogen-bond acceptors (Lipinski definition) is 4. The Kier molecular flexibility index (Phi) is 5.73. The molecule has 16 heavy (non-hydrogen) atoms. The molecule has 1 amide bonds. The molecule has 0 atom stereocenters. The number of nitrogens with two attached hydrogens (primary N) is 1. The topological polar surface area (TPSA) is 73.6 Å². The number of hydrogen-bond donors (Lipinski definition) is 2. The summed E-state index contributed by atoms with van der Waals surface area (Å²) in [6.07, 6.45) is 1.99. The van der Waals surface area contributed by atoms with Gasteiger partial charge in [0.05, 0.1) is 12.1 Å². The molecule has 0 aromatic rings. The van der Waals surface area contributed by atoms with Gasteiger partial charge in [0, 0.05) is 32.8 Å². The van der Waals surface area contributed by atoms with Crippen LogP contribution in [0.1, 0.15) is 26.2 Å². The third kappa shape index (κ3) is 4.08. The lowest BCUT2D eigenvalue weighted by Gasteiger charge is -2.36. The zero-order valence-corrected chi connectivity index (χ0v) is 9.96. The van der Waals surface area contributed by atoms with E-state index in [2.05, 4.69) is 5.32 Å². The number of nitrogens with one attached hydrogen (secondary N) is 1. The summed E-state index contributed by atoms with van der Waals surface area (Å²) < 4.78 is 10.4. The molecule has 0 aromatic heterocycles. The highest BCUT2D eigenvalue weighted by Crippen LogP contribution is 2.19. The first kappa shape index (κ1) is 13.4. The zero-order chi connectivity index (χ0) is 11.9. The van der Waals surface area contributed by atoms with Crippen molar-refractivity contribution in [1.82, 2.24) is 5.32 Å². The van der Waals surface area contributed by atoms with Gasteiger partial charge in [-0.25, -0.2) is 0 Å². The maximum absolute atomic E-state index is 11.7. The molecule has 0 aromatic carbocycles. The monoisotopic (exact) mass is 230 g/mol. The summed E-state index contributed by atoms with van der Waals surface area (Å²) in [7, 11) is 0. The maximum atomic E-state index is 11.7. The highest BCUT2D eigenvalue weighted by molar-refractivity contribution is 5.76. The van der Waals surface area contributed by atoms with Crippen LogP contribution >= 0.6 is 0 Å². The summed E-state index contributed by atoms with van der Waals surface area (Å²) >= 11 is 0. The third-order valence-corrected chi connectivity index (χ3v) is 2.92. The van der Waals surface area contributed by atoms with E-state index in [1.807, 2.05) is 6.92 Å². The largest absolute Gasteiger partial charge is 0.381 e. The summed E-state index contributed by atoms with van der Waals surface area (Å²) in [5.41, 5.74) is 5.48. The van der Waals surface area contributed by atoms with Gasteiger partial charge in [-0.3, -0.25) is 4.79 Å². The van der Waals surface area contributed by atoms with Gasteiger partial charge in [-0.05, 0) is 19.8 Å². The van der Waals surface area contributed by atoms with Crippen molar-refractivity contribution < 1.29 is 14.3 Å². The molecule has 0 bridgehead atoms. The predicted octanol–water partition coefficient (Wildman–Crippen LogP) is 0.0371. The SMILES string of the molecule is CCOCCC(=O)NC1(CN)CCOCC1. The van der Waals surface area contributed by atoms with Crippen LogP contribution in [0.5, 0.6) is 0 Å². The number of rotatable bonds is 6. The van der Waals surface area contributed by atoms with Crippen LogP contribution < -0.4 is 11.1 Å². The van der Waals surface area contributed by atoms with Crippen LogP contribution in [0, 0.1) is 0 Å². The maximum Gasteiger partial charge on any atom is 0.222 e. The number of ether oxygens (including phenoxy) is 2. The van der Waals surface area contributed by atoms with Crippen molar-refractivity contribution in [3.63, 3.8) is 0 Å². The normalized spacial score (nSPS) is 19.4. The molecule has 0 radical (unpaired) electrons. The van der Waals surface area contributed by atoms with Gasteiger partial charge >= 0.3 is 0 Å². The molecule has 1 aliphatic heterocycles. The van der Waals surface area contributed by atoms with Crippen LogP contribution in [0.25, 0.3) is 0 Å². The van der Waals surface area contributed by atoms with Crippen molar-refractivity contribution >= 4 is 5.91 Å². The van der Waals surface area contributed by atoms with Crippen molar-refractivity contribution in [3.8, 4) is 0 Å². The number of carbonyl (C=O) groups is 1. The Morgan fingerprint density at radius 2 is 2.19 bits per heavy atom. The van der Waals surface area contributed by atoms with Crippen molar-refractivity contribution in [2.75, 3.05) is 33.0 Å². The lowest BCUT2D eigenvalue weighted by atomic mass is 9.90. The fourth-order valence-electron chi connectivity index (χ4n) is 1.81. The molecule has 3 N–H and O–H groups in total. The first-order chi connectivity index (χ1) is 7.72. The Morgan fingerprint density at radius 3 is 2.75 bits per heavy atom. The van der Waals surface area contributed by atoms with Gasteiger partial charge in [0.2, 0.25) is 5.91 Å². The predicted molar refractivity (Wildman–Crippen MR) is 61.1 cm³/mol. The molecule has 5 heteroatoms. The second-order valence-electron chi connectivity index (χ2n) is 4.09. The van der Waals surface area contributed by atoms with Gasteiger partial charge in [0.15, 0.2) is 0 Å². The van der Waals surface area contributed by atoms with E-state index >= 15 is 0 Å². The van der Waals surface area contributed by atoms with Crippen LogP contribution in [0.4, 0.5) is 0 Å². The van der Waals surface area contributed by atoms with Gasteiger partial charge in [-0.15, -0.1) is 0 Å². The first-order valence-electron chi connectivity index (χ1n) is 5.89. The van der Waals surface area contributed by atoms with E-state index in [0.717, 1.165) is 12.8 Å². The van der Waals surface area contributed by atoms with Crippen LogP contribution in [0.15, 0.2) is 0 Å². The lowest BCUT2D eigenvalue weighted by Crippen LogP contribution is -2.56. The summed E-state index contributed by atoms with van der Waals surface area (Å²) in [4.78, 5) is 11.7. The van der Waals surface area contributed by atoms with Gasteiger partial charge in [0.1, 0.15) is 0 Å². The molecular weight excluding hydrogens is 208 g/mol. The Bertz CT molecular complexity index is 215. The average Bonchev–Trinajstić information content (AvgIpc) is 2.30. The van der Waals surface area contributed by atoms with E-state index < -0.39 is 0 Å². The molecule has 1 aliphatic rings. The summed E-state index contributed by atoms with van der Waals surface area (Å²) in [5.74, 6) is 0.0146. The van der Waals surface area contributed by atoms with Crippen LogP contribution in [0.2, 0.25) is 0 Å². The lowest BCUT2D eigenvalue weighted by molar-refractivity contribution is -0.125. The molecule has 1 fully saturated rings. The minimum Gasteiger partial charge on any atom is -0.381 e. The van der Waals surface area contributed by atoms with Gasteiger partial charge in [0.25, 0.3) is 0 Å². The van der Waals surface area contributed by atoms with Crippen LogP contribution in [-0.4, -0.2) is 44.4 Å². The first-order valence-corrected chi connectivity index (χ1v) is 5.89. The van der Waals surface area contributed by atoms with E-state index in [1.54, 1.807) is 0 Å².